The lowest BCUT2D eigenvalue weighted by Crippen LogP contribution is -2.51. The third-order valence-corrected chi connectivity index (χ3v) is 6.63. The van der Waals surface area contributed by atoms with Crippen LogP contribution in [0.3, 0.4) is 0 Å². The zero-order chi connectivity index (χ0) is 24.5. The number of carbonyl (C=O) groups excluding carboxylic acids is 2. The topological polar surface area (TPSA) is 89.8 Å². The summed E-state index contributed by atoms with van der Waals surface area (Å²) < 4.78 is 26.5. The maximum Gasteiger partial charge on any atom is 0.276 e. The van der Waals surface area contributed by atoms with Crippen LogP contribution in [0.15, 0.2) is 42.5 Å². The molecular formula is C24H23ClFN5O4. The second-order valence-corrected chi connectivity index (χ2v) is 8.76. The number of fused-ring (bicyclic) bond motifs is 1. The first-order valence-electron chi connectivity index (χ1n) is 11.2. The maximum atomic E-state index is 13.6. The van der Waals surface area contributed by atoms with Gasteiger partial charge in [0, 0.05) is 26.2 Å². The fourth-order valence-electron chi connectivity index (χ4n) is 4.29. The van der Waals surface area contributed by atoms with Crippen LogP contribution >= 0.6 is 11.6 Å². The van der Waals surface area contributed by atoms with Crippen LogP contribution in [-0.4, -0.2) is 69.9 Å². The van der Waals surface area contributed by atoms with Crippen molar-refractivity contribution in [2.45, 2.75) is 19.3 Å². The Hall–Kier alpha value is -3.50. The number of rotatable bonds is 4. The number of hydrogen-bond donors (Lipinski definition) is 0. The molecule has 0 bridgehead atoms. The van der Waals surface area contributed by atoms with Crippen LogP contribution < -0.4 is 4.74 Å². The van der Waals surface area contributed by atoms with Crippen molar-refractivity contribution in [3.05, 3.63) is 75.8 Å². The highest BCUT2D eigenvalue weighted by molar-refractivity contribution is 6.33. The first kappa shape index (κ1) is 23.3. The lowest BCUT2D eigenvalue weighted by molar-refractivity contribution is -0.00204. The quantitative estimate of drug-likeness (QED) is 0.548. The summed E-state index contributed by atoms with van der Waals surface area (Å²) in [5.41, 5.74) is 1.98. The molecule has 1 aromatic heterocycles. The molecule has 0 spiro atoms. The van der Waals surface area contributed by atoms with E-state index in [0.29, 0.717) is 38.4 Å². The van der Waals surface area contributed by atoms with E-state index in [2.05, 4.69) is 10.3 Å². The Morgan fingerprint density at radius 1 is 1.06 bits per heavy atom. The van der Waals surface area contributed by atoms with Crippen molar-refractivity contribution >= 4 is 23.4 Å². The molecule has 3 heterocycles. The molecule has 35 heavy (non-hydrogen) atoms. The molecule has 0 N–H and O–H groups in total. The summed E-state index contributed by atoms with van der Waals surface area (Å²) in [5.74, 6) is -0.381. The van der Waals surface area contributed by atoms with Gasteiger partial charge in [0.15, 0.2) is 5.69 Å². The molecule has 182 valence electrons. The predicted molar refractivity (Wildman–Crippen MR) is 124 cm³/mol. The van der Waals surface area contributed by atoms with Gasteiger partial charge in [-0.05, 0) is 35.9 Å². The monoisotopic (exact) mass is 499 g/mol. The number of aromatic nitrogens is 3. The zero-order valence-electron chi connectivity index (χ0n) is 19.0. The van der Waals surface area contributed by atoms with Crippen LogP contribution in [0.5, 0.6) is 5.75 Å². The number of methoxy groups -OCH3 is 1. The van der Waals surface area contributed by atoms with Crippen LogP contribution in [0.2, 0.25) is 5.02 Å². The Labute approximate surface area is 206 Å². The van der Waals surface area contributed by atoms with Gasteiger partial charge >= 0.3 is 0 Å². The average Bonchev–Trinajstić information content (AvgIpc) is 3.32. The van der Waals surface area contributed by atoms with Gasteiger partial charge in [0.2, 0.25) is 0 Å². The van der Waals surface area contributed by atoms with Gasteiger partial charge in [-0.1, -0.05) is 28.9 Å². The summed E-state index contributed by atoms with van der Waals surface area (Å²) in [6.45, 7) is 1.89. The molecule has 3 aromatic rings. The standard InChI is InChI=1S/C24H23ClFN5O4/c1-34-17-5-2-15(3-6-17)21-13-31-20(14-35-21)22(27-28-31)24(33)30-10-8-29(9-11-30)23(32)18-12-16(26)4-7-19(18)25/h2-7,12,21H,8-11,13-14H2,1H3/t21-/m0/s1. The van der Waals surface area contributed by atoms with Crippen LogP contribution in [0.4, 0.5) is 4.39 Å². The molecule has 0 aliphatic carbocycles. The lowest BCUT2D eigenvalue weighted by Gasteiger charge is -2.34. The first-order chi connectivity index (χ1) is 16.9. The van der Waals surface area contributed by atoms with Gasteiger partial charge in [0.1, 0.15) is 17.7 Å². The molecule has 1 atom stereocenters. The number of benzene rings is 2. The normalized spacial score (nSPS) is 17.7. The SMILES string of the molecule is COc1ccc([C@@H]2Cn3nnc(C(=O)N4CCN(C(=O)c5cc(F)ccc5Cl)CC4)c3CO2)cc1. The van der Waals surface area contributed by atoms with Crippen molar-refractivity contribution in [1.82, 2.24) is 24.8 Å². The molecule has 0 radical (unpaired) electrons. The van der Waals surface area contributed by atoms with Crippen LogP contribution in [0.25, 0.3) is 0 Å². The summed E-state index contributed by atoms with van der Waals surface area (Å²) in [6.07, 6.45) is -0.206. The molecule has 5 rings (SSSR count). The number of amides is 2. The minimum Gasteiger partial charge on any atom is -0.497 e. The van der Waals surface area contributed by atoms with E-state index in [0.717, 1.165) is 17.4 Å². The third kappa shape index (κ3) is 4.59. The highest BCUT2D eigenvalue weighted by atomic mass is 35.5. The number of piperazine rings is 1. The number of hydrogen-bond acceptors (Lipinski definition) is 6. The Kier molecular flexibility index (Phi) is 6.40. The van der Waals surface area contributed by atoms with Crippen LogP contribution in [-0.2, 0) is 17.9 Å². The number of halogens is 2. The van der Waals surface area contributed by atoms with E-state index in [-0.39, 0.29) is 40.8 Å². The van der Waals surface area contributed by atoms with E-state index >= 15 is 0 Å². The van der Waals surface area contributed by atoms with Gasteiger partial charge in [0.25, 0.3) is 11.8 Å². The van der Waals surface area contributed by atoms with Gasteiger partial charge < -0.3 is 19.3 Å². The molecule has 1 fully saturated rings. The van der Waals surface area contributed by atoms with E-state index in [1.165, 1.54) is 12.1 Å². The lowest BCUT2D eigenvalue weighted by atomic mass is 10.1. The fourth-order valence-corrected chi connectivity index (χ4v) is 4.49. The number of carbonyl (C=O) groups is 2. The van der Waals surface area contributed by atoms with Crippen molar-refractivity contribution in [1.29, 1.82) is 0 Å². The summed E-state index contributed by atoms with van der Waals surface area (Å²) in [5, 5.41) is 8.51. The highest BCUT2D eigenvalue weighted by Crippen LogP contribution is 2.29. The van der Waals surface area contributed by atoms with Gasteiger partial charge in [-0.3, -0.25) is 9.59 Å². The summed E-state index contributed by atoms with van der Waals surface area (Å²) in [4.78, 5) is 29.1. The first-order valence-corrected chi connectivity index (χ1v) is 11.5. The van der Waals surface area contributed by atoms with E-state index in [1.807, 2.05) is 24.3 Å². The molecule has 1 saturated heterocycles. The Morgan fingerprint density at radius 3 is 2.43 bits per heavy atom. The van der Waals surface area contributed by atoms with Gasteiger partial charge in [-0.25, -0.2) is 9.07 Å². The molecule has 2 aliphatic rings. The summed E-state index contributed by atoms with van der Waals surface area (Å²) >= 11 is 6.07. The largest absolute Gasteiger partial charge is 0.497 e. The molecule has 2 aliphatic heterocycles. The van der Waals surface area contributed by atoms with Crippen molar-refractivity contribution < 1.29 is 23.5 Å². The molecule has 0 unspecified atom stereocenters. The summed E-state index contributed by atoms with van der Waals surface area (Å²) in [7, 11) is 1.62. The number of nitrogens with zero attached hydrogens (tertiary/aromatic N) is 5. The molecule has 9 nitrogen and oxygen atoms in total. The van der Waals surface area contributed by atoms with Crippen molar-refractivity contribution in [2.75, 3.05) is 33.3 Å². The van der Waals surface area contributed by atoms with Crippen LogP contribution in [0, 0.1) is 5.82 Å². The smallest absolute Gasteiger partial charge is 0.276 e. The Balaban J connectivity index is 1.23. The minimum atomic E-state index is -0.528. The summed E-state index contributed by atoms with van der Waals surface area (Å²) in [6, 6.07) is 11.3. The van der Waals surface area contributed by atoms with E-state index < -0.39 is 5.82 Å². The second kappa shape index (κ2) is 9.63. The third-order valence-electron chi connectivity index (χ3n) is 6.30. The Morgan fingerprint density at radius 2 is 1.74 bits per heavy atom. The van der Waals surface area contributed by atoms with Crippen LogP contribution in [0.1, 0.15) is 38.2 Å². The maximum absolute atomic E-state index is 13.6. The minimum absolute atomic E-state index is 0.113. The molecule has 2 aromatic carbocycles. The predicted octanol–water partition coefficient (Wildman–Crippen LogP) is 2.95. The molecule has 0 saturated carbocycles. The van der Waals surface area contributed by atoms with Gasteiger partial charge in [-0.2, -0.15) is 0 Å². The average molecular weight is 500 g/mol. The van der Waals surface area contributed by atoms with Gasteiger partial charge in [-0.15, -0.1) is 5.10 Å². The molecule has 2 amide bonds. The van der Waals surface area contributed by atoms with Crippen molar-refractivity contribution in [3.8, 4) is 5.75 Å². The van der Waals surface area contributed by atoms with E-state index in [4.69, 9.17) is 21.1 Å². The number of ether oxygens (including phenoxy) is 2. The highest BCUT2D eigenvalue weighted by Gasteiger charge is 2.32. The van der Waals surface area contributed by atoms with Gasteiger partial charge in [0.05, 0.1) is 36.5 Å². The second-order valence-electron chi connectivity index (χ2n) is 8.35. The van der Waals surface area contributed by atoms with Crippen molar-refractivity contribution in [2.24, 2.45) is 0 Å². The Bertz CT molecular complexity index is 1260. The molecular weight excluding hydrogens is 477 g/mol. The fraction of sp³-hybridized carbons (Fsp3) is 0.333. The van der Waals surface area contributed by atoms with Crippen molar-refractivity contribution in [3.63, 3.8) is 0 Å². The van der Waals surface area contributed by atoms with E-state index in [9.17, 15) is 14.0 Å². The zero-order valence-corrected chi connectivity index (χ0v) is 19.7. The molecule has 11 heteroatoms. The van der Waals surface area contributed by atoms with E-state index in [1.54, 1.807) is 21.6 Å².